The van der Waals surface area contributed by atoms with Gasteiger partial charge in [-0.05, 0) is 0 Å². The van der Waals surface area contributed by atoms with Crippen LogP contribution in [0.3, 0.4) is 0 Å². The lowest BCUT2D eigenvalue weighted by Crippen LogP contribution is -2.18. The van der Waals surface area contributed by atoms with E-state index in [9.17, 15) is 18.0 Å². The van der Waals surface area contributed by atoms with Crippen LogP contribution in [0.15, 0.2) is 12.3 Å². The van der Waals surface area contributed by atoms with E-state index in [0.717, 1.165) is 12.3 Å². The largest absolute Gasteiger partial charge is 0.573 e. The number of nitriles is 1. The number of halogens is 3. The van der Waals surface area contributed by atoms with Crippen molar-refractivity contribution in [1.82, 2.24) is 4.98 Å². The molecule has 78 valence electrons. The summed E-state index contributed by atoms with van der Waals surface area (Å²) in [5.74, 6) is -0.734. The Morgan fingerprint density at radius 1 is 1.53 bits per heavy atom. The lowest BCUT2D eigenvalue weighted by atomic mass is 10.2. The van der Waals surface area contributed by atoms with Crippen LogP contribution in [0.25, 0.3) is 0 Å². The maximum Gasteiger partial charge on any atom is 0.573 e. The number of carbonyl (C=O) groups excluding carboxylic acids is 1. The van der Waals surface area contributed by atoms with Gasteiger partial charge in [0.1, 0.15) is 17.3 Å². The van der Waals surface area contributed by atoms with Crippen LogP contribution in [0.2, 0.25) is 0 Å². The molecular weight excluding hydrogens is 213 g/mol. The van der Waals surface area contributed by atoms with Crippen molar-refractivity contribution in [2.24, 2.45) is 0 Å². The topological polar surface area (TPSA) is 63.0 Å². The zero-order valence-corrected chi connectivity index (χ0v) is 7.08. The zero-order valence-electron chi connectivity index (χ0n) is 7.08. The number of rotatable bonds is 2. The number of hydrogen-bond acceptors (Lipinski definition) is 4. The quantitative estimate of drug-likeness (QED) is 0.705. The highest BCUT2D eigenvalue weighted by Gasteiger charge is 2.32. The number of hydrogen-bond donors (Lipinski definition) is 0. The molecule has 0 aliphatic rings. The molecule has 0 saturated heterocycles. The monoisotopic (exact) mass is 216 g/mol. The van der Waals surface area contributed by atoms with Crippen LogP contribution in [0.1, 0.15) is 16.1 Å². The fraction of sp³-hybridized carbons (Fsp3) is 0.125. The number of aldehydes is 1. The first-order chi connectivity index (χ1) is 6.98. The molecule has 0 aromatic carbocycles. The second-order valence-corrected chi connectivity index (χ2v) is 2.35. The van der Waals surface area contributed by atoms with Crippen LogP contribution in [-0.4, -0.2) is 17.6 Å². The number of carbonyl (C=O) groups is 1. The summed E-state index contributed by atoms with van der Waals surface area (Å²) in [6, 6.07) is 2.28. The molecule has 0 N–H and O–H groups in total. The first kappa shape index (κ1) is 11.0. The van der Waals surface area contributed by atoms with E-state index in [2.05, 4.69) is 9.72 Å². The third kappa shape index (κ3) is 2.67. The maximum absolute atomic E-state index is 11.9. The van der Waals surface area contributed by atoms with Gasteiger partial charge in [-0.15, -0.1) is 13.2 Å². The van der Waals surface area contributed by atoms with Crippen molar-refractivity contribution in [3.05, 3.63) is 23.5 Å². The molecular formula is C8H3F3N2O2. The van der Waals surface area contributed by atoms with E-state index < -0.39 is 17.7 Å². The minimum Gasteiger partial charge on any atom is -0.404 e. The maximum atomic E-state index is 11.9. The van der Waals surface area contributed by atoms with Crippen molar-refractivity contribution in [2.45, 2.75) is 6.36 Å². The van der Waals surface area contributed by atoms with Gasteiger partial charge in [0, 0.05) is 12.3 Å². The van der Waals surface area contributed by atoms with Crippen LogP contribution in [-0.2, 0) is 0 Å². The predicted molar refractivity (Wildman–Crippen MR) is 41.0 cm³/mol. The summed E-state index contributed by atoms with van der Waals surface area (Å²) in [7, 11) is 0. The Morgan fingerprint density at radius 3 is 2.67 bits per heavy atom. The smallest absolute Gasteiger partial charge is 0.404 e. The molecule has 0 aliphatic heterocycles. The van der Waals surface area contributed by atoms with Gasteiger partial charge in [-0.2, -0.15) is 5.26 Å². The summed E-state index contributed by atoms with van der Waals surface area (Å²) in [4.78, 5) is 13.8. The summed E-state index contributed by atoms with van der Waals surface area (Å²) in [6.07, 6.45) is -3.78. The molecule has 7 heteroatoms. The van der Waals surface area contributed by atoms with Crippen molar-refractivity contribution >= 4 is 6.29 Å². The molecule has 0 unspecified atom stereocenters. The first-order valence-electron chi connectivity index (χ1n) is 3.58. The average molecular weight is 216 g/mol. The molecule has 0 spiro atoms. The van der Waals surface area contributed by atoms with Crippen LogP contribution < -0.4 is 4.74 Å². The summed E-state index contributed by atoms with van der Waals surface area (Å²) in [6.45, 7) is 0. The van der Waals surface area contributed by atoms with Gasteiger partial charge in [0.2, 0.25) is 0 Å². The Labute approximate surface area is 81.9 Å². The molecule has 0 amide bonds. The molecule has 0 aliphatic carbocycles. The van der Waals surface area contributed by atoms with Crippen LogP contribution in [0.5, 0.6) is 5.75 Å². The Kier molecular flexibility index (Phi) is 2.90. The first-order valence-corrected chi connectivity index (χ1v) is 3.58. The van der Waals surface area contributed by atoms with Gasteiger partial charge >= 0.3 is 6.36 Å². The molecule has 0 saturated carbocycles. The minimum absolute atomic E-state index is 0.182. The van der Waals surface area contributed by atoms with Gasteiger partial charge in [0.25, 0.3) is 0 Å². The van der Waals surface area contributed by atoms with Gasteiger partial charge in [-0.3, -0.25) is 9.78 Å². The number of nitrogens with zero attached hydrogens (tertiary/aromatic N) is 2. The van der Waals surface area contributed by atoms with E-state index in [1.807, 2.05) is 0 Å². The molecule has 0 atom stereocenters. The van der Waals surface area contributed by atoms with Crippen molar-refractivity contribution < 1.29 is 22.7 Å². The third-order valence-corrected chi connectivity index (χ3v) is 1.39. The lowest BCUT2D eigenvalue weighted by Gasteiger charge is -2.09. The molecule has 0 bridgehead atoms. The van der Waals surface area contributed by atoms with E-state index in [1.165, 1.54) is 6.07 Å². The van der Waals surface area contributed by atoms with Crippen molar-refractivity contribution in [2.75, 3.05) is 0 Å². The molecule has 0 fully saturated rings. The molecule has 1 rings (SSSR count). The highest BCUT2D eigenvalue weighted by molar-refractivity contribution is 5.77. The lowest BCUT2D eigenvalue weighted by molar-refractivity contribution is -0.274. The van der Waals surface area contributed by atoms with Gasteiger partial charge in [0.05, 0.1) is 0 Å². The molecule has 15 heavy (non-hydrogen) atoms. The summed E-state index contributed by atoms with van der Waals surface area (Å²) >= 11 is 0. The standard InChI is InChI=1S/C8H3F3N2O2/c9-8(10,11)15-7-1-2-13-6(4-14)5(7)3-12/h1-2,4H. The van der Waals surface area contributed by atoms with Crippen LogP contribution in [0.4, 0.5) is 13.2 Å². The Balaban J connectivity index is 3.19. The Morgan fingerprint density at radius 2 is 2.20 bits per heavy atom. The predicted octanol–water partition coefficient (Wildman–Crippen LogP) is 1.66. The summed E-state index contributed by atoms with van der Waals surface area (Å²) in [5, 5.41) is 8.53. The van der Waals surface area contributed by atoms with E-state index in [1.54, 1.807) is 0 Å². The molecule has 1 aromatic heterocycles. The average Bonchev–Trinajstić information content (AvgIpc) is 2.15. The third-order valence-electron chi connectivity index (χ3n) is 1.39. The molecule has 1 aromatic rings. The van der Waals surface area contributed by atoms with E-state index in [-0.39, 0.29) is 12.0 Å². The Bertz CT molecular complexity index is 423. The fourth-order valence-corrected chi connectivity index (χ4v) is 0.871. The van der Waals surface area contributed by atoms with E-state index in [4.69, 9.17) is 5.26 Å². The van der Waals surface area contributed by atoms with E-state index in [0.29, 0.717) is 0 Å². The van der Waals surface area contributed by atoms with Gasteiger partial charge in [-0.25, -0.2) is 0 Å². The number of pyridine rings is 1. The van der Waals surface area contributed by atoms with Gasteiger partial charge in [-0.1, -0.05) is 0 Å². The van der Waals surface area contributed by atoms with E-state index >= 15 is 0 Å². The fourth-order valence-electron chi connectivity index (χ4n) is 0.871. The molecule has 4 nitrogen and oxygen atoms in total. The minimum atomic E-state index is -4.91. The molecule has 1 heterocycles. The summed E-state index contributed by atoms with van der Waals surface area (Å²) < 4.78 is 39.1. The zero-order chi connectivity index (χ0) is 11.5. The molecule has 0 radical (unpaired) electrons. The van der Waals surface area contributed by atoms with Crippen molar-refractivity contribution in [3.63, 3.8) is 0 Å². The SMILES string of the molecule is N#Cc1c(OC(F)(F)F)ccnc1C=O. The van der Waals surface area contributed by atoms with Crippen LogP contribution in [0, 0.1) is 11.3 Å². The van der Waals surface area contributed by atoms with Crippen molar-refractivity contribution in [1.29, 1.82) is 5.26 Å². The highest BCUT2D eigenvalue weighted by Crippen LogP contribution is 2.26. The number of aromatic nitrogens is 1. The van der Waals surface area contributed by atoms with Crippen LogP contribution >= 0.6 is 0 Å². The highest BCUT2D eigenvalue weighted by atomic mass is 19.4. The van der Waals surface area contributed by atoms with Crippen molar-refractivity contribution in [3.8, 4) is 11.8 Å². The van der Waals surface area contributed by atoms with Gasteiger partial charge in [0.15, 0.2) is 12.0 Å². The number of ether oxygens (including phenoxy) is 1. The Hall–Kier alpha value is -2.10. The normalized spacial score (nSPS) is 10.5. The second-order valence-electron chi connectivity index (χ2n) is 2.35. The number of alkyl halides is 3. The second kappa shape index (κ2) is 3.96. The summed E-state index contributed by atoms with van der Waals surface area (Å²) in [5.41, 5.74) is -0.927. The van der Waals surface area contributed by atoms with Gasteiger partial charge < -0.3 is 4.74 Å².